The molecule has 18 heavy (non-hydrogen) atoms. The maximum atomic E-state index is 3.02. The summed E-state index contributed by atoms with van der Waals surface area (Å²) in [6, 6.07) is 0. The van der Waals surface area contributed by atoms with E-state index in [4.69, 9.17) is 0 Å². The molecule has 0 nitrogen and oxygen atoms in total. The fraction of sp³-hybridized carbons (Fsp3) is 1.00. The monoisotopic (exact) mass is 468 g/mol. The van der Waals surface area contributed by atoms with E-state index in [0.29, 0.717) is 0 Å². The summed E-state index contributed by atoms with van der Waals surface area (Å²) in [6.45, 7) is 0. The lowest BCUT2D eigenvalue weighted by atomic mass is 9.92. The van der Waals surface area contributed by atoms with Crippen LogP contribution in [0.1, 0.15) is 0 Å². The maximum absolute atomic E-state index is 3.02. The molecule has 1 saturated carbocycles. The molecule has 0 amide bonds. The molecule has 1 aliphatic carbocycles. The molecule has 0 radical (unpaired) electrons. The minimum atomic E-state index is -0.131. The van der Waals surface area contributed by atoms with Gasteiger partial charge in [0.05, 0.1) is 0 Å². The lowest BCUT2D eigenvalue weighted by molar-refractivity contribution is 0.425. The van der Waals surface area contributed by atoms with Crippen LogP contribution in [0.25, 0.3) is 0 Å². The second-order valence-electron chi connectivity index (χ2n) is 5.21. The normalized spacial score (nSPS) is 34.0. The zero-order valence-corrected chi connectivity index (χ0v) is 23.8. The van der Waals surface area contributed by atoms with Crippen LogP contribution in [-0.4, -0.2) is 29.4 Å². The largest absolute Gasteiger partial charge is 0.124 e. The van der Waals surface area contributed by atoms with Crippen LogP contribution < -0.4 is 0 Å². The molecule has 0 spiro atoms. The van der Waals surface area contributed by atoms with Gasteiger partial charge >= 0.3 is 0 Å². The van der Waals surface area contributed by atoms with Crippen molar-refractivity contribution in [1.29, 1.82) is 0 Å². The number of hydrogen-bond donors (Lipinski definition) is 0. The SMILES string of the molecule is PC1(P)C(P)(P)C(P)(P)C(P)(P)C(P)(P)C1(P)P. The summed E-state index contributed by atoms with van der Waals surface area (Å²) in [5, 5.41) is 0. The lowest BCUT2D eigenvalue weighted by Gasteiger charge is -2.74. The van der Waals surface area contributed by atoms with E-state index in [-0.39, 0.29) is 29.4 Å². The van der Waals surface area contributed by atoms with Crippen LogP contribution in [0.3, 0.4) is 0 Å². The summed E-state index contributed by atoms with van der Waals surface area (Å²) in [5.41, 5.74) is 0. The zero-order valence-electron chi connectivity index (χ0n) is 9.93. The van der Waals surface area contributed by atoms with Crippen molar-refractivity contribution in [2.75, 3.05) is 0 Å². The van der Waals surface area contributed by atoms with Crippen LogP contribution in [-0.2, 0) is 0 Å². The van der Waals surface area contributed by atoms with Gasteiger partial charge in [-0.25, -0.2) is 0 Å². The van der Waals surface area contributed by atoms with E-state index in [1.165, 1.54) is 0 Å². The Morgan fingerprint density at radius 3 is 0.333 bits per heavy atom. The van der Waals surface area contributed by atoms with Crippen molar-refractivity contribution in [1.82, 2.24) is 0 Å². The van der Waals surface area contributed by atoms with Crippen LogP contribution in [0.4, 0.5) is 0 Å². The van der Waals surface area contributed by atoms with Gasteiger partial charge in [0.2, 0.25) is 0 Å². The van der Waals surface area contributed by atoms with Gasteiger partial charge in [0.25, 0.3) is 0 Å². The highest BCUT2D eigenvalue weighted by molar-refractivity contribution is 7.63. The minimum absolute atomic E-state index is 0.131. The highest BCUT2D eigenvalue weighted by atomic mass is 31.1. The van der Waals surface area contributed by atoms with Crippen LogP contribution >= 0.6 is 111 Å². The zero-order chi connectivity index (χ0) is 15.0. The van der Waals surface area contributed by atoms with Crippen molar-refractivity contribution in [2.45, 2.75) is 29.4 Å². The van der Waals surface area contributed by atoms with E-state index in [0.717, 1.165) is 0 Å². The Morgan fingerprint density at radius 1 is 0.222 bits per heavy atom. The topological polar surface area (TPSA) is 0 Å². The van der Waals surface area contributed by atoms with Crippen molar-refractivity contribution in [3.8, 4) is 0 Å². The van der Waals surface area contributed by atoms with Crippen molar-refractivity contribution < 1.29 is 0 Å². The first-order chi connectivity index (χ1) is 7.50. The van der Waals surface area contributed by atoms with Crippen LogP contribution in [0.2, 0.25) is 0 Å². The van der Waals surface area contributed by atoms with E-state index < -0.39 is 0 Å². The summed E-state index contributed by atoms with van der Waals surface area (Å²) in [7, 11) is 36.3. The Hall–Kier alpha value is 5.16. The van der Waals surface area contributed by atoms with Crippen LogP contribution in [0.15, 0.2) is 0 Å². The maximum Gasteiger partial charge on any atom is 0.0264 e. The number of hydrogen-bond acceptors (Lipinski definition) is 0. The Balaban J connectivity index is 3.72. The summed E-state index contributed by atoms with van der Waals surface area (Å²) >= 11 is 0. The van der Waals surface area contributed by atoms with Gasteiger partial charge < -0.3 is 0 Å². The lowest BCUT2D eigenvalue weighted by Crippen LogP contribution is -2.76. The Morgan fingerprint density at radius 2 is 0.278 bits per heavy atom. The van der Waals surface area contributed by atoms with Gasteiger partial charge in [0.15, 0.2) is 0 Å². The summed E-state index contributed by atoms with van der Waals surface area (Å²) in [6.07, 6.45) is 0. The molecule has 0 saturated heterocycles. The molecular formula is C6H24P12. The first-order valence-electron chi connectivity index (χ1n) is 4.96. The summed E-state index contributed by atoms with van der Waals surface area (Å²) < 4.78 is 0. The molecular weight excluding hydrogens is 444 g/mol. The predicted octanol–water partition coefficient (Wildman–Crippen LogP) is 2.68. The highest BCUT2D eigenvalue weighted by Gasteiger charge is 2.74. The van der Waals surface area contributed by atoms with E-state index in [2.05, 4.69) is 111 Å². The molecule has 108 valence electrons. The van der Waals surface area contributed by atoms with E-state index in [1.807, 2.05) is 0 Å². The molecule has 12 unspecified atom stereocenters. The van der Waals surface area contributed by atoms with Gasteiger partial charge in [-0.05, 0) is 0 Å². The van der Waals surface area contributed by atoms with Gasteiger partial charge in [-0.3, -0.25) is 0 Å². The van der Waals surface area contributed by atoms with E-state index >= 15 is 0 Å². The van der Waals surface area contributed by atoms with Gasteiger partial charge in [-0.2, -0.15) is 0 Å². The predicted molar refractivity (Wildman–Crippen MR) is 133 cm³/mol. The van der Waals surface area contributed by atoms with Crippen LogP contribution in [0, 0.1) is 0 Å². The molecule has 1 aliphatic rings. The summed E-state index contributed by atoms with van der Waals surface area (Å²) in [4.78, 5) is -0.784. The van der Waals surface area contributed by atoms with Gasteiger partial charge in [-0.15, -0.1) is 111 Å². The molecule has 0 aromatic carbocycles. The van der Waals surface area contributed by atoms with Crippen molar-refractivity contribution in [3.63, 3.8) is 0 Å². The second kappa shape index (κ2) is 5.86. The van der Waals surface area contributed by atoms with Gasteiger partial charge in [-0.1, -0.05) is 0 Å². The highest BCUT2D eigenvalue weighted by Crippen LogP contribution is 2.83. The molecule has 1 rings (SSSR count). The van der Waals surface area contributed by atoms with Gasteiger partial charge in [0, 0.05) is 29.4 Å². The van der Waals surface area contributed by atoms with Gasteiger partial charge in [0.1, 0.15) is 0 Å². The fourth-order valence-corrected chi connectivity index (χ4v) is 11.8. The molecule has 0 N–H and O–H groups in total. The van der Waals surface area contributed by atoms with E-state index in [1.54, 1.807) is 0 Å². The van der Waals surface area contributed by atoms with Crippen molar-refractivity contribution in [2.24, 2.45) is 0 Å². The minimum Gasteiger partial charge on any atom is -0.124 e. The van der Waals surface area contributed by atoms with Crippen LogP contribution in [0.5, 0.6) is 0 Å². The number of rotatable bonds is 0. The molecule has 1 fully saturated rings. The van der Waals surface area contributed by atoms with Crippen molar-refractivity contribution >= 4 is 111 Å². The average Bonchev–Trinajstić information content (AvgIpc) is 2.14. The second-order valence-corrected chi connectivity index (χ2v) is 20.1. The third kappa shape index (κ3) is 2.46. The first-order valence-corrected chi connectivity index (χ1v) is 11.9. The Kier molecular flexibility index (Phi) is 6.90. The molecule has 0 bridgehead atoms. The molecule has 0 heterocycles. The molecule has 0 aromatic heterocycles. The molecule has 12 atom stereocenters. The standard InChI is InChI=1S/C6H24P12/c7-1(8)2(9,10)4(13,14)6(17,18)5(15,16)3(1,11)12/h7-18H2. The quantitative estimate of drug-likeness (QED) is 0.481. The summed E-state index contributed by atoms with van der Waals surface area (Å²) in [5.74, 6) is 0. The first kappa shape index (κ1) is 21.2. The smallest absolute Gasteiger partial charge is 0.0264 e. The molecule has 12 heteroatoms. The Labute approximate surface area is 140 Å². The average molecular weight is 468 g/mol. The molecule has 0 aromatic rings. The molecule has 0 aliphatic heterocycles. The van der Waals surface area contributed by atoms with Crippen molar-refractivity contribution in [3.05, 3.63) is 0 Å². The third-order valence-corrected chi connectivity index (χ3v) is 23.6. The van der Waals surface area contributed by atoms with E-state index in [9.17, 15) is 0 Å². The third-order valence-electron chi connectivity index (χ3n) is 4.11. The fourth-order valence-electron chi connectivity index (χ4n) is 2.05. The Bertz CT molecular complexity index is 248.